The second-order valence-electron chi connectivity index (χ2n) is 5.30. The number of aromatic nitrogens is 2. The number of aryl methyl sites for hydroxylation is 1. The number of likely N-dealkylation sites (N-methyl/N-ethyl adjacent to an activating group) is 1. The predicted octanol–water partition coefficient (Wildman–Crippen LogP) is 0.322. The fourth-order valence-corrected chi connectivity index (χ4v) is 1.76. The van der Waals surface area contributed by atoms with Gasteiger partial charge < -0.3 is 10.4 Å². The van der Waals surface area contributed by atoms with E-state index < -0.39 is 5.97 Å². The smallest absolute Gasteiger partial charge is 0.339 e. The monoisotopic (exact) mass is 282 g/mol. The van der Waals surface area contributed by atoms with Gasteiger partial charge in [0.2, 0.25) is 5.91 Å². The van der Waals surface area contributed by atoms with E-state index >= 15 is 0 Å². The van der Waals surface area contributed by atoms with Crippen molar-refractivity contribution in [3.63, 3.8) is 0 Å². The number of carbonyl (C=O) groups excluding carboxylic acids is 1. The predicted molar refractivity (Wildman–Crippen MR) is 74.3 cm³/mol. The first kappa shape index (κ1) is 16.2. The van der Waals surface area contributed by atoms with Gasteiger partial charge in [-0.15, -0.1) is 0 Å². The molecule has 7 nitrogen and oxygen atoms in total. The zero-order valence-corrected chi connectivity index (χ0v) is 12.4. The molecule has 1 aromatic rings. The van der Waals surface area contributed by atoms with Crippen LogP contribution in [0.1, 0.15) is 29.9 Å². The zero-order valence-electron chi connectivity index (χ0n) is 12.4. The molecule has 1 heterocycles. The maximum absolute atomic E-state index is 11.7. The number of nitrogens with one attached hydrogen (secondary N) is 1. The standard InChI is InChI=1S/C13H22N4O3/c1-9(2)5-14-12(18)8-16(3)7-11-10(13(19)20)6-15-17(11)4/h6,9H,5,7-8H2,1-4H3,(H,14,18)(H,19,20). The molecule has 20 heavy (non-hydrogen) atoms. The highest BCUT2D eigenvalue weighted by atomic mass is 16.4. The van der Waals surface area contributed by atoms with Gasteiger partial charge in [0.25, 0.3) is 0 Å². The molecule has 0 unspecified atom stereocenters. The normalized spacial score (nSPS) is 11.1. The Bertz CT molecular complexity index is 482. The highest BCUT2D eigenvalue weighted by Gasteiger charge is 2.17. The average Bonchev–Trinajstić information content (AvgIpc) is 2.68. The van der Waals surface area contributed by atoms with Gasteiger partial charge in [-0.3, -0.25) is 14.4 Å². The summed E-state index contributed by atoms with van der Waals surface area (Å²) < 4.78 is 1.52. The van der Waals surface area contributed by atoms with Crippen molar-refractivity contribution in [2.75, 3.05) is 20.1 Å². The zero-order chi connectivity index (χ0) is 15.3. The van der Waals surface area contributed by atoms with Gasteiger partial charge in [-0.25, -0.2) is 4.79 Å². The van der Waals surface area contributed by atoms with E-state index in [2.05, 4.69) is 10.4 Å². The molecule has 1 rings (SSSR count). The first-order chi connectivity index (χ1) is 9.31. The van der Waals surface area contributed by atoms with Crippen LogP contribution in [-0.4, -0.2) is 51.8 Å². The van der Waals surface area contributed by atoms with Crippen LogP contribution >= 0.6 is 0 Å². The van der Waals surface area contributed by atoms with Crippen LogP contribution in [0.4, 0.5) is 0 Å². The first-order valence-electron chi connectivity index (χ1n) is 6.50. The largest absolute Gasteiger partial charge is 0.478 e. The van der Waals surface area contributed by atoms with Crippen LogP contribution in [0.5, 0.6) is 0 Å². The van der Waals surface area contributed by atoms with Gasteiger partial charge in [-0.2, -0.15) is 5.10 Å². The quantitative estimate of drug-likeness (QED) is 0.752. The molecule has 0 aromatic carbocycles. The molecule has 0 saturated heterocycles. The van der Waals surface area contributed by atoms with E-state index in [9.17, 15) is 9.59 Å². The lowest BCUT2D eigenvalue weighted by molar-refractivity contribution is -0.122. The van der Waals surface area contributed by atoms with Crippen molar-refractivity contribution in [3.05, 3.63) is 17.5 Å². The summed E-state index contributed by atoms with van der Waals surface area (Å²) in [7, 11) is 3.46. The van der Waals surface area contributed by atoms with Crippen molar-refractivity contribution < 1.29 is 14.7 Å². The van der Waals surface area contributed by atoms with Crippen molar-refractivity contribution in [2.45, 2.75) is 20.4 Å². The first-order valence-corrected chi connectivity index (χ1v) is 6.50. The molecule has 0 aliphatic carbocycles. The van der Waals surface area contributed by atoms with Gasteiger partial charge in [0.1, 0.15) is 5.56 Å². The lowest BCUT2D eigenvalue weighted by Gasteiger charge is -2.17. The van der Waals surface area contributed by atoms with E-state index in [0.29, 0.717) is 24.7 Å². The Morgan fingerprint density at radius 2 is 2.15 bits per heavy atom. The number of carbonyl (C=O) groups is 2. The SMILES string of the molecule is CC(C)CNC(=O)CN(C)Cc1c(C(=O)O)cnn1C. The van der Waals surface area contributed by atoms with Crippen molar-refractivity contribution in [2.24, 2.45) is 13.0 Å². The maximum Gasteiger partial charge on any atom is 0.339 e. The summed E-state index contributed by atoms with van der Waals surface area (Å²) in [4.78, 5) is 24.5. The minimum absolute atomic E-state index is 0.0692. The molecule has 0 radical (unpaired) electrons. The van der Waals surface area contributed by atoms with Crippen LogP contribution in [0.25, 0.3) is 0 Å². The molecular formula is C13H22N4O3. The Hall–Kier alpha value is -1.89. The molecule has 7 heteroatoms. The molecule has 1 aromatic heterocycles. The summed E-state index contributed by atoms with van der Waals surface area (Å²) in [6.07, 6.45) is 1.32. The van der Waals surface area contributed by atoms with E-state index in [1.807, 2.05) is 13.8 Å². The maximum atomic E-state index is 11.7. The summed E-state index contributed by atoms with van der Waals surface area (Å²) in [5, 5.41) is 15.8. The number of carboxylic acids is 1. The number of hydrogen-bond donors (Lipinski definition) is 2. The highest BCUT2D eigenvalue weighted by molar-refractivity contribution is 5.88. The van der Waals surface area contributed by atoms with E-state index in [0.717, 1.165) is 0 Å². The van der Waals surface area contributed by atoms with Crippen LogP contribution in [0.15, 0.2) is 6.20 Å². The second-order valence-corrected chi connectivity index (χ2v) is 5.30. The van der Waals surface area contributed by atoms with E-state index in [4.69, 9.17) is 5.11 Å². The van der Waals surface area contributed by atoms with Crippen LogP contribution < -0.4 is 5.32 Å². The highest BCUT2D eigenvalue weighted by Crippen LogP contribution is 2.09. The number of aromatic carboxylic acids is 1. The molecule has 0 bridgehead atoms. The van der Waals surface area contributed by atoms with Gasteiger partial charge in [-0.1, -0.05) is 13.8 Å². The minimum atomic E-state index is -1.01. The van der Waals surface area contributed by atoms with E-state index in [1.54, 1.807) is 19.0 Å². The van der Waals surface area contributed by atoms with Crippen molar-refractivity contribution >= 4 is 11.9 Å². The summed E-state index contributed by atoms with van der Waals surface area (Å²) in [6, 6.07) is 0. The Kier molecular flexibility index (Phi) is 5.69. The van der Waals surface area contributed by atoms with Gasteiger partial charge in [-0.05, 0) is 13.0 Å². The number of hydrogen-bond acceptors (Lipinski definition) is 4. The van der Waals surface area contributed by atoms with Crippen molar-refractivity contribution in [1.29, 1.82) is 0 Å². The summed E-state index contributed by atoms with van der Waals surface area (Å²) >= 11 is 0. The molecule has 1 amide bonds. The summed E-state index contributed by atoms with van der Waals surface area (Å²) in [6.45, 7) is 5.26. The lowest BCUT2D eigenvalue weighted by atomic mass is 10.2. The number of nitrogens with zero attached hydrogens (tertiary/aromatic N) is 3. The fourth-order valence-electron chi connectivity index (χ4n) is 1.76. The third-order valence-electron chi connectivity index (χ3n) is 2.83. The topological polar surface area (TPSA) is 87.5 Å². The Morgan fingerprint density at radius 1 is 1.50 bits per heavy atom. The third kappa shape index (κ3) is 4.65. The number of amides is 1. The van der Waals surface area contributed by atoms with Crippen LogP contribution in [0.3, 0.4) is 0 Å². The molecule has 0 atom stereocenters. The van der Waals surface area contributed by atoms with Gasteiger partial charge >= 0.3 is 5.97 Å². The molecule has 0 fully saturated rings. The van der Waals surface area contributed by atoms with Gasteiger partial charge in [0, 0.05) is 20.1 Å². The Balaban J connectivity index is 2.58. The van der Waals surface area contributed by atoms with Crippen LogP contribution in [0.2, 0.25) is 0 Å². The van der Waals surface area contributed by atoms with Gasteiger partial charge in [0.15, 0.2) is 0 Å². The van der Waals surface area contributed by atoms with Crippen LogP contribution in [-0.2, 0) is 18.4 Å². The molecular weight excluding hydrogens is 260 g/mol. The second kappa shape index (κ2) is 7.04. The molecule has 0 spiro atoms. The van der Waals surface area contributed by atoms with Crippen molar-refractivity contribution in [3.8, 4) is 0 Å². The van der Waals surface area contributed by atoms with Crippen molar-refractivity contribution in [1.82, 2.24) is 20.0 Å². The minimum Gasteiger partial charge on any atom is -0.478 e. The lowest BCUT2D eigenvalue weighted by Crippen LogP contribution is -2.37. The number of rotatable bonds is 7. The Morgan fingerprint density at radius 3 is 2.70 bits per heavy atom. The molecule has 0 aliphatic rings. The van der Waals surface area contributed by atoms with E-state index in [1.165, 1.54) is 10.9 Å². The molecule has 0 aliphatic heterocycles. The van der Waals surface area contributed by atoms with Gasteiger partial charge in [0.05, 0.1) is 18.4 Å². The fraction of sp³-hybridized carbons (Fsp3) is 0.615. The molecule has 2 N–H and O–H groups in total. The summed E-state index contributed by atoms with van der Waals surface area (Å²) in [5.74, 6) is -0.675. The number of carboxylic acid groups (broad SMARTS) is 1. The third-order valence-corrected chi connectivity index (χ3v) is 2.83. The average molecular weight is 282 g/mol. The summed E-state index contributed by atoms with van der Waals surface area (Å²) in [5.41, 5.74) is 0.749. The van der Waals surface area contributed by atoms with E-state index in [-0.39, 0.29) is 18.0 Å². The van der Waals surface area contributed by atoms with Crippen LogP contribution in [0, 0.1) is 5.92 Å². The molecule has 0 saturated carbocycles. The molecule has 112 valence electrons. The Labute approximate surface area is 118 Å².